The summed E-state index contributed by atoms with van der Waals surface area (Å²) in [7, 11) is 0. The van der Waals surface area contributed by atoms with E-state index in [2.05, 4.69) is 26.1 Å². The van der Waals surface area contributed by atoms with Gasteiger partial charge in [-0.2, -0.15) is 0 Å². The number of rotatable bonds is 6. The maximum absolute atomic E-state index is 11.9. The number of nitrogens with two attached hydrogens (primary N) is 1. The third-order valence-corrected chi connectivity index (χ3v) is 3.61. The molecule has 0 saturated heterocycles. The molecule has 3 nitrogen and oxygen atoms in total. The van der Waals surface area contributed by atoms with Gasteiger partial charge in [0.1, 0.15) is 0 Å². The van der Waals surface area contributed by atoms with Gasteiger partial charge in [0.25, 0.3) is 0 Å². The van der Waals surface area contributed by atoms with Crippen molar-refractivity contribution in [2.75, 3.05) is 11.9 Å². The summed E-state index contributed by atoms with van der Waals surface area (Å²) in [5.74, 6) is 0.151. The maximum atomic E-state index is 11.9. The Bertz CT molecular complexity index is 409. The molecule has 1 amide bonds. The van der Waals surface area contributed by atoms with Crippen LogP contribution in [0, 0.1) is 5.92 Å². The van der Waals surface area contributed by atoms with Crippen LogP contribution in [0.1, 0.15) is 46.1 Å². The molecule has 1 aromatic carbocycles. The maximum Gasteiger partial charge on any atom is 0.227 e. The highest BCUT2D eigenvalue weighted by atomic mass is 16.1. The van der Waals surface area contributed by atoms with Crippen LogP contribution < -0.4 is 11.1 Å². The van der Waals surface area contributed by atoms with Crippen molar-refractivity contribution in [2.24, 2.45) is 11.7 Å². The molecule has 1 aromatic rings. The lowest BCUT2D eigenvalue weighted by Crippen LogP contribution is -2.28. The molecule has 0 radical (unpaired) electrons. The van der Waals surface area contributed by atoms with E-state index in [1.54, 1.807) is 0 Å². The van der Waals surface area contributed by atoms with Crippen LogP contribution in [-0.2, 0) is 10.2 Å². The van der Waals surface area contributed by atoms with Crippen LogP contribution >= 0.6 is 0 Å². The van der Waals surface area contributed by atoms with Crippen molar-refractivity contribution in [1.82, 2.24) is 0 Å². The third kappa shape index (κ3) is 4.35. The largest absolute Gasteiger partial charge is 0.330 e. The van der Waals surface area contributed by atoms with E-state index >= 15 is 0 Å². The Morgan fingerprint density at radius 3 is 2.37 bits per heavy atom. The molecule has 0 aliphatic rings. The van der Waals surface area contributed by atoms with E-state index in [1.165, 1.54) is 5.56 Å². The fourth-order valence-electron chi connectivity index (χ4n) is 1.95. The Hall–Kier alpha value is -1.35. The number of amides is 1. The zero-order chi connectivity index (χ0) is 14.5. The molecule has 0 aromatic heterocycles. The minimum absolute atomic E-state index is 0.0297. The van der Waals surface area contributed by atoms with Gasteiger partial charge < -0.3 is 11.1 Å². The third-order valence-electron chi connectivity index (χ3n) is 3.61. The first-order chi connectivity index (χ1) is 8.90. The van der Waals surface area contributed by atoms with Crippen LogP contribution in [0.2, 0.25) is 0 Å². The molecule has 3 heteroatoms. The fraction of sp³-hybridized carbons (Fsp3) is 0.562. The Balaban J connectivity index is 2.70. The minimum atomic E-state index is -0.0297. The van der Waals surface area contributed by atoms with Crippen LogP contribution in [0.25, 0.3) is 0 Å². The Morgan fingerprint density at radius 1 is 1.32 bits per heavy atom. The van der Waals surface area contributed by atoms with Crippen LogP contribution in [0.5, 0.6) is 0 Å². The van der Waals surface area contributed by atoms with Gasteiger partial charge in [0.05, 0.1) is 0 Å². The Labute approximate surface area is 116 Å². The summed E-state index contributed by atoms with van der Waals surface area (Å²) < 4.78 is 0. The second kappa shape index (κ2) is 6.71. The lowest BCUT2D eigenvalue weighted by atomic mass is 9.85. The summed E-state index contributed by atoms with van der Waals surface area (Å²) in [5.41, 5.74) is 7.77. The summed E-state index contributed by atoms with van der Waals surface area (Å²) in [5, 5.41) is 2.95. The second-order valence-electron chi connectivity index (χ2n) is 5.84. The van der Waals surface area contributed by atoms with Crippen molar-refractivity contribution in [3.05, 3.63) is 29.8 Å². The second-order valence-corrected chi connectivity index (χ2v) is 5.84. The highest BCUT2D eigenvalue weighted by Gasteiger charge is 2.18. The van der Waals surface area contributed by atoms with Gasteiger partial charge >= 0.3 is 0 Å². The van der Waals surface area contributed by atoms with Crippen molar-refractivity contribution in [2.45, 2.75) is 46.0 Å². The van der Waals surface area contributed by atoms with E-state index in [0.717, 1.165) is 18.5 Å². The van der Waals surface area contributed by atoms with Crippen LogP contribution in [0.4, 0.5) is 5.69 Å². The molecule has 3 N–H and O–H groups in total. The molecular formula is C16H26N2O. The molecule has 0 bridgehead atoms. The monoisotopic (exact) mass is 262 g/mol. The van der Waals surface area contributed by atoms with Gasteiger partial charge in [0.2, 0.25) is 5.91 Å². The molecule has 106 valence electrons. The Kier molecular flexibility index (Phi) is 5.55. The van der Waals surface area contributed by atoms with E-state index in [9.17, 15) is 4.79 Å². The predicted octanol–water partition coefficient (Wildman–Crippen LogP) is 3.30. The van der Waals surface area contributed by atoms with Gasteiger partial charge in [0, 0.05) is 23.6 Å². The van der Waals surface area contributed by atoms with Gasteiger partial charge in [-0.1, -0.05) is 46.2 Å². The zero-order valence-corrected chi connectivity index (χ0v) is 12.5. The van der Waals surface area contributed by atoms with Crippen LogP contribution in [-0.4, -0.2) is 12.5 Å². The number of carbonyl (C=O) groups excluding carboxylic acids is 1. The average Bonchev–Trinajstić information content (AvgIpc) is 2.39. The molecular weight excluding hydrogens is 236 g/mol. The standard InChI is InChI=1S/C16H26N2O/c1-5-6-12(2)15(19)18-14-9-7-13(8-10-14)16(3,4)11-17/h7-10,12H,5-6,11,17H2,1-4H3,(H,18,19). The molecule has 1 atom stereocenters. The van der Waals surface area contributed by atoms with Gasteiger partial charge in [-0.05, 0) is 24.1 Å². The molecule has 0 heterocycles. The van der Waals surface area contributed by atoms with Crippen molar-refractivity contribution >= 4 is 11.6 Å². The zero-order valence-electron chi connectivity index (χ0n) is 12.5. The van der Waals surface area contributed by atoms with E-state index in [-0.39, 0.29) is 17.2 Å². The SMILES string of the molecule is CCCC(C)C(=O)Nc1ccc(C(C)(C)CN)cc1. The van der Waals surface area contributed by atoms with Crippen molar-refractivity contribution in [3.8, 4) is 0 Å². The number of benzene rings is 1. The Morgan fingerprint density at radius 2 is 1.89 bits per heavy atom. The quantitative estimate of drug-likeness (QED) is 0.826. The van der Waals surface area contributed by atoms with Crippen molar-refractivity contribution in [1.29, 1.82) is 0 Å². The number of nitrogens with one attached hydrogen (secondary N) is 1. The first-order valence-electron chi connectivity index (χ1n) is 7.02. The number of hydrogen-bond acceptors (Lipinski definition) is 2. The number of anilines is 1. The van der Waals surface area contributed by atoms with Gasteiger partial charge in [0.15, 0.2) is 0 Å². The highest BCUT2D eigenvalue weighted by molar-refractivity contribution is 5.92. The van der Waals surface area contributed by atoms with E-state index in [1.807, 2.05) is 31.2 Å². The molecule has 1 unspecified atom stereocenters. The molecule has 0 aliphatic carbocycles. The molecule has 19 heavy (non-hydrogen) atoms. The molecule has 0 spiro atoms. The van der Waals surface area contributed by atoms with Gasteiger partial charge in [-0.25, -0.2) is 0 Å². The van der Waals surface area contributed by atoms with Crippen LogP contribution in [0.15, 0.2) is 24.3 Å². The normalized spacial score (nSPS) is 13.1. The average molecular weight is 262 g/mol. The summed E-state index contributed by atoms with van der Waals surface area (Å²) in [6.45, 7) is 8.89. The van der Waals surface area contributed by atoms with Crippen LogP contribution in [0.3, 0.4) is 0 Å². The lowest BCUT2D eigenvalue weighted by Gasteiger charge is -2.23. The smallest absolute Gasteiger partial charge is 0.227 e. The topological polar surface area (TPSA) is 55.1 Å². The molecule has 0 aliphatic heterocycles. The van der Waals surface area contributed by atoms with E-state index in [0.29, 0.717) is 6.54 Å². The van der Waals surface area contributed by atoms with Crippen molar-refractivity contribution < 1.29 is 4.79 Å². The summed E-state index contributed by atoms with van der Waals surface area (Å²) in [6, 6.07) is 7.96. The van der Waals surface area contributed by atoms with E-state index < -0.39 is 0 Å². The lowest BCUT2D eigenvalue weighted by molar-refractivity contribution is -0.119. The number of hydrogen-bond donors (Lipinski definition) is 2. The predicted molar refractivity (Wildman–Crippen MR) is 81.2 cm³/mol. The molecule has 0 saturated carbocycles. The van der Waals surface area contributed by atoms with Gasteiger partial charge in [-0.15, -0.1) is 0 Å². The fourth-order valence-corrected chi connectivity index (χ4v) is 1.95. The molecule has 0 fully saturated rings. The summed E-state index contributed by atoms with van der Waals surface area (Å²) >= 11 is 0. The van der Waals surface area contributed by atoms with Gasteiger partial charge in [-0.3, -0.25) is 4.79 Å². The summed E-state index contributed by atoms with van der Waals surface area (Å²) in [4.78, 5) is 11.9. The molecule has 1 rings (SSSR count). The van der Waals surface area contributed by atoms with Crippen molar-refractivity contribution in [3.63, 3.8) is 0 Å². The van der Waals surface area contributed by atoms with E-state index in [4.69, 9.17) is 5.73 Å². The number of carbonyl (C=O) groups is 1. The first kappa shape index (κ1) is 15.7. The first-order valence-corrected chi connectivity index (χ1v) is 7.02. The minimum Gasteiger partial charge on any atom is -0.330 e. The highest BCUT2D eigenvalue weighted by Crippen LogP contribution is 2.23. The summed E-state index contributed by atoms with van der Waals surface area (Å²) in [6.07, 6.45) is 1.95.